The van der Waals surface area contributed by atoms with Gasteiger partial charge in [-0.15, -0.1) is 0 Å². The lowest BCUT2D eigenvalue weighted by molar-refractivity contribution is 1.07. The predicted octanol–water partition coefficient (Wildman–Crippen LogP) is 12.8. The zero-order valence-corrected chi connectivity index (χ0v) is 28.2. The summed E-state index contributed by atoms with van der Waals surface area (Å²) in [5.74, 6) is 1.97. The smallest absolute Gasteiger partial charge is 0.164 e. The summed E-state index contributed by atoms with van der Waals surface area (Å²) < 4.78 is 0. The first-order chi connectivity index (χ1) is 25.7. The lowest BCUT2D eigenvalue weighted by Crippen LogP contribution is -2.00. The summed E-state index contributed by atoms with van der Waals surface area (Å²) in [4.78, 5) is 14.6. The number of hydrogen-bond donors (Lipinski definition) is 0. The number of aromatic nitrogens is 3. The standard InChI is InChI=1S/C49H31N3/c1-3-10-35(11-4-1)47-50-48(36-12-5-2-6-13-36)52-49(51-47)37-18-15-32(16-19-37)38-21-22-40-30-41(24-23-39(40)29-38)42-20-17-34-26-27-44-43-14-8-7-9-33(43)25-28-45(44)46(34)31-42/h1-31H. The molecule has 0 radical (unpaired) electrons. The van der Waals surface area contributed by atoms with Crippen LogP contribution in [0.15, 0.2) is 188 Å². The molecular formula is C49H31N3. The highest BCUT2D eigenvalue weighted by atomic mass is 15.0. The van der Waals surface area contributed by atoms with E-state index in [2.05, 4.69) is 127 Å². The first-order valence-electron chi connectivity index (χ1n) is 17.6. The largest absolute Gasteiger partial charge is 0.208 e. The van der Waals surface area contributed by atoms with E-state index in [1.807, 2.05) is 60.7 Å². The van der Waals surface area contributed by atoms with Crippen molar-refractivity contribution >= 4 is 43.1 Å². The Morgan fingerprint density at radius 2 is 0.596 bits per heavy atom. The van der Waals surface area contributed by atoms with Gasteiger partial charge in [-0.2, -0.15) is 0 Å². The van der Waals surface area contributed by atoms with E-state index in [-0.39, 0.29) is 0 Å². The maximum atomic E-state index is 4.90. The Hall–Kier alpha value is -6.97. The number of benzene rings is 9. The molecule has 0 atom stereocenters. The molecule has 1 heterocycles. The summed E-state index contributed by atoms with van der Waals surface area (Å²) in [5.41, 5.74) is 7.61. The van der Waals surface area contributed by atoms with Gasteiger partial charge in [-0.05, 0) is 83.5 Å². The fourth-order valence-electron chi connectivity index (χ4n) is 7.35. The van der Waals surface area contributed by atoms with Crippen molar-refractivity contribution in [1.82, 2.24) is 15.0 Å². The topological polar surface area (TPSA) is 38.7 Å². The average Bonchev–Trinajstić information content (AvgIpc) is 3.23. The Morgan fingerprint density at radius 1 is 0.212 bits per heavy atom. The highest BCUT2D eigenvalue weighted by Crippen LogP contribution is 2.35. The molecule has 9 aromatic carbocycles. The van der Waals surface area contributed by atoms with E-state index in [9.17, 15) is 0 Å². The predicted molar refractivity (Wildman–Crippen MR) is 217 cm³/mol. The van der Waals surface area contributed by atoms with Crippen LogP contribution < -0.4 is 0 Å². The SMILES string of the molecule is c1ccc(-c2nc(-c3ccccc3)nc(-c3ccc(-c4ccc5cc(-c6ccc7ccc8c9ccccc9ccc8c7c6)ccc5c4)cc3)n2)cc1. The van der Waals surface area contributed by atoms with Crippen molar-refractivity contribution in [3.05, 3.63) is 188 Å². The monoisotopic (exact) mass is 661 g/mol. The maximum Gasteiger partial charge on any atom is 0.164 e. The van der Waals surface area contributed by atoms with E-state index < -0.39 is 0 Å². The van der Waals surface area contributed by atoms with Gasteiger partial charge in [-0.1, -0.05) is 170 Å². The van der Waals surface area contributed by atoms with Gasteiger partial charge in [0.2, 0.25) is 0 Å². The van der Waals surface area contributed by atoms with Gasteiger partial charge in [0.1, 0.15) is 0 Å². The molecule has 242 valence electrons. The molecule has 3 heteroatoms. The van der Waals surface area contributed by atoms with Gasteiger partial charge in [0.05, 0.1) is 0 Å². The molecule has 10 aromatic rings. The van der Waals surface area contributed by atoms with Crippen molar-refractivity contribution in [3.63, 3.8) is 0 Å². The number of hydrogen-bond acceptors (Lipinski definition) is 3. The first kappa shape index (κ1) is 29.9. The van der Waals surface area contributed by atoms with Crippen molar-refractivity contribution < 1.29 is 0 Å². The highest BCUT2D eigenvalue weighted by molar-refractivity contribution is 6.17. The summed E-state index contributed by atoms with van der Waals surface area (Å²) in [6, 6.07) is 66.7. The van der Waals surface area contributed by atoms with Crippen molar-refractivity contribution in [1.29, 1.82) is 0 Å². The maximum absolute atomic E-state index is 4.90. The highest BCUT2D eigenvalue weighted by Gasteiger charge is 2.13. The second-order valence-electron chi connectivity index (χ2n) is 13.3. The van der Waals surface area contributed by atoms with E-state index in [1.54, 1.807) is 0 Å². The lowest BCUT2D eigenvalue weighted by Gasteiger charge is -2.11. The molecule has 0 fully saturated rings. The van der Waals surface area contributed by atoms with E-state index in [1.165, 1.54) is 59.8 Å². The van der Waals surface area contributed by atoms with Gasteiger partial charge < -0.3 is 0 Å². The van der Waals surface area contributed by atoms with Crippen LogP contribution in [0.2, 0.25) is 0 Å². The third-order valence-corrected chi connectivity index (χ3v) is 10.1. The van der Waals surface area contributed by atoms with Gasteiger partial charge in [-0.25, -0.2) is 15.0 Å². The van der Waals surface area contributed by atoms with Crippen LogP contribution in [0.4, 0.5) is 0 Å². The summed E-state index contributed by atoms with van der Waals surface area (Å²) in [7, 11) is 0. The Bertz CT molecular complexity index is 2880. The number of nitrogens with zero attached hydrogens (tertiary/aromatic N) is 3. The first-order valence-corrected chi connectivity index (χ1v) is 17.6. The number of rotatable bonds is 5. The Kier molecular flexibility index (Phi) is 7.14. The summed E-state index contributed by atoms with van der Waals surface area (Å²) >= 11 is 0. The van der Waals surface area contributed by atoms with Crippen LogP contribution in [0.1, 0.15) is 0 Å². The molecule has 0 bridgehead atoms. The van der Waals surface area contributed by atoms with Crippen LogP contribution in [-0.2, 0) is 0 Å². The van der Waals surface area contributed by atoms with Crippen molar-refractivity contribution in [2.24, 2.45) is 0 Å². The summed E-state index contributed by atoms with van der Waals surface area (Å²) in [6.07, 6.45) is 0. The van der Waals surface area contributed by atoms with E-state index in [4.69, 9.17) is 15.0 Å². The van der Waals surface area contributed by atoms with Crippen molar-refractivity contribution in [3.8, 4) is 56.4 Å². The second-order valence-corrected chi connectivity index (χ2v) is 13.3. The quantitative estimate of drug-likeness (QED) is 0.172. The summed E-state index contributed by atoms with van der Waals surface area (Å²) in [6.45, 7) is 0. The van der Waals surface area contributed by atoms with Crippen LogP contribution in [-0.4, -0.2) is 15.0 Å². The van der Waals surface area contributed by atoms with Crippen LogP contribution in [0.25, 0.3) is 99.5 Å². The van der Waals surface area contributed by atoms with Crippen molar-refractivity contribution in [2.45, 2.75) is 0 Å². The van der Waals surface area contributed by atoms with Crippen molar-refractivity contribution in [2.75, 3.05) is 0 Å². The molecule has 0 spiro atoms. The van der Waals surface area contributed by atoms with Gasteiger partial charge in [0.25, 0.3) is 0 Å². The average molecular weight is 662 g/mol. The molecule has 0 aliphatic heterocycles. The molecule has 0 amide bonds. The van der Waals surface area contributed by atoms with E-state index in [0.717, 1.165) is 22.3 Å². The molecule has 0 unspecified atom stereocenters. The minimum atomic E-state index is 0.653. The molecule has 10 rings (SSSR count). The minimum Gasteiger partial charge on any atom is -0.208 e. The van der Waals surface area contributed by atoms with Crippen LogP contribution >= 0.6 is 0 Å². The normalized spacial score (nSPS) is 11.5. The minimum absolute atomic E-state index is 0.653. The third-order valence-electron chi connectivity index (χ3n) is 10.1. The van der Waals surface area contributed by atoms with Crippen LogP contribution in [0.3, 0.4) is 0 Å². The van der Waals surface area contributed by atoms with E-state index in [0.29, 0.717) is 17.5 Å². The number of fused-ring (bicyclic) bond motifs is 6. The second kappa shape index (κ2) is 12.4. The van der Waals surface area contributed by atoms with E-state index >= 15 is 0 Å². The molecule has 0 aliphatic rings. The van der Waals surface area contributed by atoms with Crippen LogP contribution in [0.5, 0.6) is 0 Å². The zero-order valence-electron chi connectivity index (χ0n) is 28.2. The fraction of sp³-hybridized carbons (Fsp3) is 0. The Labute approximate surface area is 301 Å². The molecule has 0 saturated heterocycles. The molecule has 1 aromatic heterocycles. The lowest BCUT2D eigenvalue weighted by atomic mass is 9.93. The van der Waals surface area contributed by atoms with Crippen LogP contribution in [0, 0.1) is 0 Å². The van der Waals surface area contributed by atoms with Gasteiger partial charge >= 0.3 is 0 Å². The molecular weight excluding hydrogens is 631 g/mol. The molecule has 0 saturated carbocycles. The van der Waals surface area contributed by atoms with Gasteiger partial charge in [0.15, 0.2) is 17.5 Å². The summed E-state index contributed by atoms with van der Waals surface area (Å²) in [5, 5.41) is 10.1. The van der Waals surface area contributed by atoms with Gasteiger partial charge in [0, 0.05) is 16.7 Å². The molecule has 0 N–H and O–H groups in total. The fourth-order valence-corrected chi connectivity index (χ4v) is 7.35. The zero-order chi connectivity index (χ0) is 34.4. The Morgan fingerprint density at radius 3 is 1.19 bits per heavy atom. The molecule has 52 heavy (non-hydrogen) atoms. The molecule has 3 nitrogen and oxygen atoms in total. The Balaban J connectivity index is 0.972. The molecule has 0 aliphatic carbocycles. The third kappa shape index (κ3) is 5.37. The van der Waals surface area contributed by atoms with Gasteiger partial charge in [-0.3, -0.25) is 0 Å².